The first-order valence-electron chi connectivity index (χ1n) is 37.9. The van der Waals surface area contributed by atoms with E-state index in [-0.39, 0.29) is 18.9 Å². The molecule has 0 bridgehead atoms. The van der Waals surface area contributed by atoms with E-state index in [1.165, 1.54) is 212 Å². The van der Waals surface area contributed by atoms with Gasteiger partial charge in [-0.25, -0.2) is 0 Å². The van der Waals surface area contributed by atoms with Crippen molar-refractivity contribution in [3.05, 3.63) is 48.6 Å². The minimum Gasteiger partial charge on any atom is -0.394 e. The van der Waals surface area contributed by atoms with Gasteiger partial charge in [0.05, 0.1) is 38.6 Å². The summed E-state index contributed by atoms with van der Waals surface area (Å²) in [5.74, 6) is -0.284. The molecule has 0 aromatic rings. The van der Waals surface area contributed by atoms with Gasteiger partial charge in [-0.3, -0.25) is 4.79 Å². The molecular weight excluding hydrogens is 1200 g/mol. The first kappa shape index (κ1) is 86.0. The molecule has 3 rings (SSSR count). The van der Waals surface area contributed by atoms with Gasteiger partial charge in [0.1, 0.15) is 73.2 Å². The third-order valence-corrected chi connectivity index (χ3v) is 18.8. The van der Waals surface area contributed by atoms with Crippen molar-refractivity contribution < 1.29 is 89.4 Å². The van der Waals surface area contributed by atoms with Crippen molar-refractivity contribution in [1.29, 1.82) is 0 Å². The Morgan fingerprint density at radius 3 is 1.14 bits per heavy atom. The van der Waals surface area contributed by atoms with E-state index in [9.17, 15) is 61.0 Å². The number of ether oxygens (including phenoxy) is 6. The fraction of sp³-hybridized carbons (Fsp3) is 0.880. The predicted molar refractivity (Wildman–Crippen MR) is 369 cm³/mol. The van der Waals surface area contributed by atoms with Crippen LogP contribution in [0.2, 0.25) is 0 Å². The third-order valence-electron chi connectivity index (χ3n) is 18.8. The van der Waals surface area contributed by atoms with Crippen LogP contribution < -0.4 is 5.32 Å². The van der Waals surface area contributed by atoms with Crippen molar-refractivity contribution in [3.63, 3.8) is 0 Å². The van der Waals surface area contributed by atoms with E-state index in [2.05, 4.69) is 55.6 Å². The Morgan fingerprint density at radius 2 is 0.713 bits per heavy atom. The standard InChI is InChI=1S/C75H137NO18/c1-3-5-7-9-11-13-15-16-17-18-19-20-21-22-23-24-25-26-27-28-29-30-31-32-33-34-35-36-37-38-39-40-41-42-43-45-47-49-51-53-63(81)76-58(59(80)52-50-48-46-44-14-12-10-8-6-4-2)57-89-73-69(87)66(84)71(61(55-78)91-73)94-75-70(88)67(85)72(62(56-79)92-75)93-74-68(86)65(83)64(82)60(54-77)90-74/h14-16,18-19,44,50,52,58-62,64-75,77-80,82-88H,3-13,17,20-43,45-49,51,53-57H2,1-2H3,(H,76,81)/b16-15-,19-18-,44-14+,52-50+. The molecule has 0 aromatic heterocycles. The fourth-order valence-corrected chi connectivity index (χ4v) is 12.7. The number of hydrogen-bond donors (Lipinski definition) is 12. The molecule has 0 spiro atoms. The van der Waals surface area contributed by atoms with Gasteiger partial charge in [0.25, 0.3) is 0 Å². The number of unbranched alkanes of at least 4 members (excludes halogenated alkanes) is 37. The molecule has 94 heavy (non-hydrogen) atoms. The number of carbonyl (C=O) groups excluding carboxylic acids is 1. The van der Waals surface area contributed by atoms with E-state index in [4.69, 9.17) is 28.4 Å². The van der Waals surface area contributed by atoms with Crippen molar-refractivity contribution >= 4 is 5.91 Å². The topological polar surface area (TPSA) is 307 Å². The third kappa shape index (κ3) is 37.3. The second-order valence-corrected chi connectivity index (χ2v) is 27.1. The Kier molecular flexibility index (Phi) is 51.7. The summed E-state index contributed by atoms with van der Waals surface area (Å²) < 4.78 is 34.3. The second-order valence-electron chi connectivity index (χ2n) is 27.1. The molecule has 3 fully saturated rings. The van der Waals surface area contributed by atoms with Gasteiger partial charge < -0.3 is 89.9 Å². The summed E-state index contributed by atoms with van der Waals surface area (Å²) in [7, 11) is 0. The largest absolute Gasteiger partial charge is 0.394 e. The van der Waals surface area contributed by atoms with Crippen LogP contribution in [-0.2, 0) is 33.2 Å². The molecule has 17 unspecified atom stereocenters. The van der Waals surface area contributed by atoms with Gasteiger partial charge in [-0.2, -0.15) is 0 Å². The lowest BCUT2D eigenvalue weighted by Gasteiger charge is -2.48. The van der Waals surface area contributed by atoms with Crippen LogP contribution in [0.25, 0.3) is 0 Å². The van der Waals surface area contributed by atoms with E-state index in [1.54, 1.807) is 6.08 Å². The lowest BCUT2D eigenvalue weighted by Crippen LogP contribution is -2.66. The Bertz CT molecular complexity index is 1890. The van der Waals surface area contributed by atoms with E-state index in [0.29, 0.717) is 12.8 Å². The highest BCUT2D eigenvalue weighted by Gasteiger charge is 2.53. The van der Waals surface area contributed by atoms with Gasteiger partial charge in [-0.1, -0.05) is 268 Å². The molecule has 1 amide bonds. The highest BCUT2D eigenvalue weighted by molar-refractivity contribution is 5.76. The number of amides is 1. The van der Waals surface area contributed by atoms with Crippen LogP contribution in [0.15, 0.2) is 48.6 Å². The SMILES string of the molecule is CCCCCC/C=C/CC/C=C/C(O)C(COC1OC(CO)C(OC2OC(CO)C(OC3OC(CO)C(O)C(O)C3O)C(O)C2O)C(O)C1O)NC(=O)CCCCCCCCCCCCCCCCCCCCCCCCCCCCC/C=C\C/C=C\CCCCCCC. The molecular formula is C75H137NO18. The van der Waals surface area contributed by atoms with Gasteiger partial charge in [-0.15, -0.1) is 0 Å². The molecule has 0 radical (unpaired) electrons. The molecule has 12 N–H and O–H groups in total. The van der Waals surface area contributed by atoms with E-state index in [1.807, 2.05) is 6.08 Å². The maximum absolute atomic E-state index is 13.4. The molecule has 19 nitrogen and oxygen atoms in total. The second kappa shape index (κ2) is 56.5. The normalized spacial score (nSPS) is 27.6. The molecule has 3 saturated heterocycles. The molecule has 17 atom stereocenters. The van der Waals surface area contributed by atoms with Crippen LogP contribution in [0.1, 0.15) is 290 Å². The van der Waals surface area contributed by atoms with Crippen molar-refractivity contribution in [2.75, 3.05) is 26.4 Å². The smallest absolute Gasteiger partial charge is 0.220 e. The van der Waals surface area contributed by atoms with Gasteiger partial charge in [-0.05, 0) is 64.2 Å². The van der Waals surface area contributed by atoms with Gasteiger partial charge in [0, 0.05) is 6.42 Å². The maximum Gasteiger partial charge on any atom is 0.220 e. The summed E-state index contributed by atoms with van der Waals surface area (Å²) in [6, 6.07) is -0.987. The predicted octanol–water partition coefficient (Wildman–Crippen LogP) is 11.3. The first-order valence-corrected chi connectivity index (χ1v) is 37.9. The number of aliphatic hydroxyl groups excluding tert-OH is 11. The van der Waals surface area contributed by atoms with Crippen molar-refractivity contribution in [3.8, 4) is 0 Å². The Labute approximate surface area is 567 Å². The fourth-order valence-electron chi connectivity index (χ4n) is 12.7. The molecule has 0 saturated carbocycles. The van der Waals surface area contributed by atoms with Gasteiger partial charge >= 0.3 is 0 Å². The molecule has 3 heterocycles. The summed E-state index contributed by atoms with van der Waals surface area (Å²) in [4.78, 5) is 13.4. The Morgan fingerprint density at radius 1 is 0.383 bits per heavy atom. The zero-order valence-corrected chi connectivity index (χ0v) is 58.4. The molecule has 0 aromatic carbocycles. The van der Waals surface area contributed by atoms with Crippen molar-refractivity contribution in [2.24, 2.45) is 0 Å². The number of nitrogens with one attached hydrogen (secondary N) is 1. The van der Waals surface area contributed by atoms with Gasteiger partial charge in [0.15, 0.2) is 18.9 Å². The zero-order valence-electron chi connectivity index (χ0n) is 58.4. The maximum atomic E-state index is 13.4. The minimum absolute atomic E-state index is 0.238. The average molecular weight is 1340 g/mol. The molecule has 3 aliphatic rings. The van der Waals surface area contributed by atoms with Crippen LogP contribution in [-0.4, -0.2) is 193 Å². The summed E-state index contributed by atoms with van der Waals surface area (Å²) in [6.45, 7) is 1.67. The summed E-state index contributed by atoms with van der Waals surface area (Å²) in [5.41, 5.74) is 0. The van der Waals surface area contributed by atoms with Crippen LogP contribution in [0, 0.1) is 0 Å². The number of allylic oxidation sites excluding steroid dienone is 7. The Balaban J connectivity index is 1.26. The highest BCUT2D eigenvalue weighted by atomic mass is 16.8. The molecule has 0 aliphatic carbocycles. The lowest BCUT2D eigenvalue weighted by atomic mass is 9.96. The number of carbonyl (C=O) groups is 1. The lowest BCUT2D eigenvalue weighted by molar-refractivity contribution is -0.379. The highest BCUT2D eigenvalue weighted by Crippen LogP contribution is 2.33. The average Bonchev–Trinajstić information content (AvgIpc) is 0.787. The summed E-state index contributed by atoms with van der Waals surface area (Å²) >= 11 is 0. The number of hydrogen-bond acceptors (Lipinski definition) is 18. The van der Waals surface area contributed by atoms with Crippen LogP contribution >= 0.6 is 0 Å². The van der Waals surface area contributed by atoms with Crippen LogP contribution in [0.5, 0.6) is 0 Å². The van der Waals surface area contributed by atoms with Crippen molar-refractivity contribution in [2.45, 2.75) is 394 Å². The monoisotopic (exact) mass is 1340 g/mol. The van der Waals surface area contributed by atoms with E-state index < -0.39 is 124 Å². The summed E-state index contributed by atoms with van der Waals surface area (Å²) in [6.07, 6.45) is 43.1. The number of aliphatic hydroxyl groups is 11. The van der Waals surface area contributed by atoms with Crippen LogP contribution in [0.4, 0.5) is 0 Å². The minimum atomic E-state index is -1.98. The zero-order chi connectivity index (χ0) is 68.2. The number of rotatable bonds is 59. The quantitative estimate of drug-likeness (QED) is 0.0199. The van der Waals surface area contributed by atoms with Crippen LogP contribution in [0.3, 0.4) is 0 Å². The first-order chi connectivity index (χ1) is 45.8. The molecule has 3 aliphatic heterocycles. The Hall–Kier alpha value is -2.25. The van der Waals surface area contributed by atoms with Crippen molar-refractivity contribution in [1.82, 2.24) is 5.32 Å². The van der Waals surface area contributed by atoms with E-state index >= 15 is 0 Å². The molecule has 19 heteroatoms. The summed E-state index contributed by atoms with van der Waals surface area (Å²) in [5, 5.41) is 120. The van der Waals surface area contributed by atoms with E-state index in [0.717, 1.165) is 44.9 Å². The van der Waals surface area contributed by atoms with Gasteiger partial charge in [0.2, 0.25) is 5.91 Å². The molecule has 550 valence electrons.